The summed E-state index contributed by atoms with van der Waals surface area (Å²) < 4.78 is 19.1. The summed E-state index contributed by atoms with van der Waals surface area (Å²) in [5.41, 5.74) is 5.65. The number of thioether (sulfide) groups is 1. The number of aryl methyl sites for hydroxylation is 1. The number of imidazole rings is 1. The van der Waals surface area contributed by atoms with Gasteiger partial charge in [0.2, 0.25) is 0 Å². The summed E-state index contributed by atoms with van der Waals surface area (Å²) in [6, 6.07) is 0.739. The molecule has 2 fully saturated rings. The normalized spacial score (nSPS) is 24.0. The van der Waals surface area contributed by atoms with Gasteiger partial charge in [-0.25, -0.2) is 19.2 Å². The van der Waals surface area contributed by atoms with E-state index < -0.39 is 11.4 Å². The van der Waals surface area contributed by atoms with E-state index in [4.69, 9.17) is 5.73 Å². The zero-order valence-electron chi connectivity index (χ0n) is 21.9. The standard InChI is InChI=1S/C27H34FN7O3S/c28-17-11-21-24(30-13-17)34(20-7-9-39-10-8-20)27(38)35(26(21)37)19-4-2-18(3-5-19)31-25(36)22-15-33-14-16(12-29)1-6-23(33)32-22/h11,13,15-16,18-20H,1-10,12,14,29H2,(H,31,36). The average molecular weight is 556 g/mol. The van der Waals surface area contributed by atoms with Crippen molar-refractivity contribution in [3.05, 3.63) is 56.6 Å². The SMILES string of the molecule is NCC1CCc2nc(C(=O)NC3CCC(n4c(=O)c5cc(F)cnc5n(C5CCSCC5)c4=O)CC3)cn2C1. The number of pyridine rings is 1. The molecule has 1 aliphatic carbocycles. The van der Waals surface area contributed by atoms with E-state index in [1.807, 2.05) is 22.5 Å². The molecule has 1 amide bonds. The fourth-order valence-corrected chi connectivity index (χ4v) is 7.43. The number of fused-ring (bicyclic) bond motifs is 2. The van der Waals surface area contributed by atoms with Crippen LogP contribution in [0.25, 0.3) is 11.0 Å². The summed E-state index contributed by atoms with van der Waals surface area (Å²) in [5.74, 6) is 2.38. The van der Waals surface area contributed by atoms with Gasteiger partial charge >= 0.3 is 5.69 Å². The van der Waals surface area contributed by atoms with E-state index >= 15 is 0 Å². The van der Waals surface area contributed by atoms with Crippen molar-refractivity contribution in [3.8, 4) is 0 Å². The molecule has 0 bridgehead atoms. The molecule has 208 valence electrons. The molecule has 3 aromatic rings. The minimum absolute atomic E-state index is 0.0671. The highest BCUT2D eigenvalue weighted by atomic mass is 32.2. The number of nitrogens with two attached hydrogens (primary N) is 1. The quantitative estimate of drug-likeness (QED) is 0.495. The molecule has 39 heavy (non-hydrogen) atoms. The van der Waals surface area contributed by atoms with Crippen LogP contribution in [0.5, 0.6) is 0 Å². The number of rotatable bonds is 5. The van der Waals surface area contributed by atoms with Crippen LogP contribution in [0.15, 0.2) is 28.0 Å². The predicted molar refractivity (Wildman–Crippen MR) is 148 cm³/mol. The molecule has 0 spiro atoms. The van der Waals surface area contributed by atoms with Crippen LogP contribution in [0.2, 0.25) is 0 Å². The topological polar surface area (TPSA) is 130 Å². The average Bonchev–Trinajstić information content (AvgIpc) is 3.39. The fraction of sp³-hybridized carbons (Fsp3) is 0.593. The monoisotopic (exact) mass is 555 g/mol. The van der Waals surface area contributed by atoms with Crippen molar-refractivity contribution in [2.45, 2.75) is 76.0 Å². The molecule has 1 saturated carbocycles. The van der Waals surface area contributed by atoms with Crippen molar-refractivity contribution in [1.29, 1.82) is 0 Å². The molecule has 1 saturated heterocycles. The number of nitrogens with one attached hydrogen (secondary N) is 1. The first kappa shape index (κ1) is 26.2. The first-order valence-corrected chi connectivity index (χ1v) is 15.1. The number of halogens is 1. The molecular weight excluding hydrogens is 521 g/mol. The van der Waals surface area contributed by atoms with Gasteiger partial charge in [0.1, 0.15) is 23.0 Å². The summed E-state index contributed by atoms with van der Waals surface area (Å²) >= 11 is 1.84. The lowest BCUT2D eigenvalue weighted by molar-refractivity contribution is 0.0917. The second-order valence-corrected chi connectivity index (χ2v) is 12.2. The van der Waals surface area contributed by atoms with Crippen molar-refractivity contribution in [2.24, 2.45) is 11.7 Å². The van der Waals surface area contributed by atoms with Gasteiger partial charge in [-0.1, -0.05) is 0 Å². The second kappa shape index (κ2) is 10.9. The molecule has 12 heteroatoms. The van der Waals surface area contributed by atoms with Crippen LogP contribution in [0.3, 0.4) is 0 Å². The Labute approximate surface area is 229 Å². The van der Waals surface area contributed by atoms with Gasteiger partial charge in [0.15, 0.2) is 0 Å². The maximum absolute atomic E-state index is 14.1. The molecule has 6 rings (SSSR count). The summed E-state index contributed by atoms with van der Waals surface area (Å²) in [7, 11) is 0. The predicted octanol–water partition coefficient (Wildman–Crippen LogP) is 2.40. The van der Waals surface area contributed by atoms with Crippen LogP contribution in [0.4, 0.5) is 4.39 Å². The van der Waals surface area contributed by atoms with Gasteiger partial charge in [0, 0.05) is 37.3 Å². The van der Waals surface area contributed by atoms with Gasteiger partial charge in [0.05, 0.1) is 11.6 Å². The molecule has 3 N–H and O–H groups in total. The van der Waals surface area contributed by atoms with Crippen LogP contribution < -0.4 is 22.3 Å². The molecule has 0 radical (unpaired) electrons. The second-order valence-electron chi connectivity index (χ2n) is 11.0. The molecule has 5 heterocycles. The first-order valence-electron chi connectivity index (χ1n) is 13.9. The fourth-order valence-electron chi connectivity index (χ4n) is 6.35. The van der Waals surface area contributed by atoms with Gasteiger partial charge in [-0.05, 0) is 75.0 Å². The van der Waals surface area contributed by atoms with E-state index in [2.05, 4.69) is 15.3 Å². The summed E-state index contributed by atoms with van der Waals surface area (Å²) in [6.45, 7) is 1.41. The Morgan fingerprint density at radius 2 is 1.82 bits per heavy atom. The highest BCUT2D eigenvalue weighted by Gasteiger charge is 2.30. The van der Waals surface area contributed by atoms with E-state index in [9.17, 15) is 18.8 Å². The highest BCUT2D eigenvalue weighted by Crippen LogP contribution is 2.30. The van der Waals surface area contributed by atoms with Crippen molar-refractivity contribution in [1.82, 2.24) is 29.0 Å². The van der Waals surface area contributed by atoms with Crippen molar-refractivity contribution < 1.29 is 9.18 Å². The Morgan fingerprint density at radius 1 is 1.08 bits per heavy atom. The van der Waals surface area contributed by atoms with Crippen LogP contribution in [-0.4, -0.2) is 53.7 Å². The maximum atomic E-state index is 14.1. The summed E-state index contributed by atoms with van der Waals surface area (Å²) in [5, 5.41) is 3.24. The van der Waals surface area contributed by atoms with Crippen LogP contribution in [0.1, 0.15) is 73.3 Å². The van der Waals surface area contributed by atoms with Gasteiger partial charge in [-0.15, -0.1) is 0 Å². The Kier molecular flexibility index (Phi) is 7.32. The number of carbonyl (C=O) groups excluding carboxylic acids is 1. The lowest BCUT2D eigenvalue weighted by atomic mass is 9.90. The Hall–Kier alpha value is -2.99. The van der Waals surface area contributed by atoms with Gasteiger partial charge in [-0.3, -0.25) is 18.7 Å². The third-order valence-electron chi connectivity index (χ3n) is 8.53. The molecule has 1 atom stereocenters. The van der Waals surface area contributed by atoms with Gasteiger partial charge < -0.3 is 15.6 Å². The van der Waals surface area contributed by atoms with Gasteiger partial charge in [0.25, 0.3) is 11.5 Å². The molecular formula is C27H34FN7O3S. The molecule has 0 aromatic carbocycles. The highest BCUT2D eigenvalue weighted by molar-refractivity contribution is 7.99. The third-order valence-corrected chi connectivity index (χ3v) is 9.58. The number of amides is 1. The number of hydrogen-bond donors (Lipinski definition) is 2. The zero-order chi connectivity index (χ0) is 27.1. The minimum Gasteiger partial charge on any atom is -0.348 e. The van der Waals surface area contributed by atoms with E-state index in [-0.39, 0.29) is 40.8 Å². The maximum Gasteiger partial charge on any atom is 0.333 e. The Bertz CT molecular complexity index is 1500. The number of aromatic nitrogens is 5. The van der Waals surface area contributed by atoms with E-state index in [0.717, 1.165) is 55.8 Å². The van der Waals surface area contributed by atoms with Crippen molar-refractivity contribution in [2.75, 3.05) is 18.1 Å². The molecule has 1 unspecified atom stereocenters. The van der Waals surface area contributed by atoms with E-state index in [1.54, 1.807) is 4.57 Å². The minimum atomic E-state index is -0.596. The molecule has 3 aromatic heterocycles. The number of nitrogens with zero attached hydrogens (tertiary/aromatic N) is 5. The molecule has 3 aliphatic rings. The lowest BCUT2D eigenvalue weighted by Crippen LogP contribution is -2.46. The zero-order valence-corrected chi connectivity index (χ0v) is 22.7. The van der Waals surface area contributed by atoms with Crippen LogP contribution >= 0.6 is 11.8 Å². The summed E-state index contributed by atoms with van der Waals surface area (Å²) in [4.78, 5) is 48.9. The molecule has 2 aliphatic heterocycles. The Balaban J connectivity index is 1.20. The Morgan fingerprint density at radius 3 is 2.56 bits per heavy atom. The number of carbonyl (C=O) groups is 1. The van der Waals surface area contributed by atoms with Crippen molar-refractivity contribution in [3.63, 3.8) is 0 Å². The van der Waals surface area contributed by atoms with Crippen LogP contribution in [-0.2, 0) is 13.0 Å². The number of hydrogen-bond acceptors (Lipinski definition) is 7. The molecule has 10 nitrogen and oxygen atoms in total. The smallest absolute Gasteiger partial charge is 0.333 e. The van der Waals surface area contributed by atoms with E-state index in [0.29, 0.717) is 43.8 Å². The first-order chi connectivity index (χ1) is 18.9. The van der Waals surface area contributed by atoms with Crippen molar-refractivity contribution >= 4 is 28.7 Å². The van der Waals surface area contributed by atoms with E-state index in [1.165, 1.54) is 10.6 Å². The van der Waals surface area contributed by atoms with Gasteiger partial charge in [-0.2, -0.15) is 11.8 Å². The third kappa shape index (κ3) is 5.04. The summed E-state index contributed by atoms with van der Waals surface area (Å²) in [6.07, 6.45) is 8.68. The largest absolute Gasteiger partial charge is 0.348 e. The lowest BCUT2D eigenvalue weighted by Gasteiger charge is -2.31. The van der Waals surface area contributed by atoms with Crippen LogP contribution in [0, 0.1) is 11.7 Å².